The van der Waals surface area contributed by atoms with Crippen LogP contribution in [0.5, 0.6) is 0 Å². The Bertz CT molecular complexity index is 798. The Kier molecular flexibility index (Phi) is 3.87. The predicted molar refractivity (Wildman–Crippen MR) is 83.8 cm³/mol. The van der Waals surface area contributed by atoms with Crippen LogP contribution in [0.4, 0.5) is 8.78 Å². The van der Waals surface area contributed by atoms with Crippen LogP contribution in [0.15, 0.2) is 30.3 Å². The molecule has 1 aromatic heterocycles. The van der Waals surface area contributed by atoms with Crippen LogP contribution >= 0.6 is 0 Å². The lowest BCUT2D eigenvalue weighted by molar-refractivity contribution is 0.0745. The summed E-state index contributed by atoms with van der Waals surface area (Å²) in [6, 6.07) is 6.93. The summed E-state index contributed by atoms with van der Waals surface area (Å²) in [5.41, 5.74) is 4.50. The van der Waals surface area contributed by atoms with Crippen LogP contribution in [0, 0.1) is 12.7 Å². The summed E-state index contributed by atoms with van der Waals surface area (Å²) < 4.78 is 28.8. The van der Waals surface area contributed by atoms with E-state index in [1.54, 1.807) is 13.0 Å². The maximum absolute atomic E-state index is 15.2. The van der Waals surface area contributed by atoms with Crippen LogP contribution in [0.3, 0.4) is 0 Å². The standard InChI is InChI=1S/C17H17F2N3O2/c1-10-6-11(8-12(18)7-10)17(19)4-5-22(9-17)16(24)14-3-2-13(21-14)15(20)23/h2-3,6-8,21H,4-5,9H2,1H3,(H2,20,23). The van der Waals surface area contributed by atoms with Gasteiger partial charge in [-0.15, -0.1) is 0 Å². The van der Waals surface area contributed by atoms with Gasteiger partial charge in [-0.05, 0) is 42.3 Å². The van der Waals surface area contributed by atoms with Crippen LogP contribution in [0.2, 0.25) is 0 Å². The van der Waals surface area contributed by atoms with Crippen molar-refractivity contribution in [2.24, 2.45) is 5.73 Å². The van der Waals surface area contributed by atoms with E-state index in [1.807, 2.05) is 0 Å². The molecule has 0 saturated carbocycles. The number of likely N-dealkylation sites (tertiary alicyclic amines) is 1. The number of aromatic amines is 1. The lowest BCUT2D eigenvalue weighted by Crippen LogP contribution is -2.32. The molecule has 0 bridgehead atoms. The molecule has 1 saturated heterocycles. The fourth-order valence-electron chi connectivity index (χ4n) is 3.01. The lowest BCUT2D eigenvalue weighted by Gasteiger charge is -2.21. The van der Waals surface area contributed by atoms with E-state index in [2.05, 4.69) is 4.98 Å². The van der Waals surface area contributed by atoms with Gasteiger partial charge in [0.05, 0.1) is 6.54 Å². The SMILES string of the molecule is Cc1cc(F)cc(C2(F)CCN(C(=O)c3ccc(C(N)=O)[nH]3)C2)c1. The Morgan fingerprint density at radius 2 is 1.96 bits per heavy atom. The number of carbonyl (C=O) groups excluding carboxylic acids is 2. The molecule has 3 N–H and O–H groups in total. The van der Waals surface area contributed by atoms with Gasteiger partial charge in [-0.3, -0.25) is 9.59 Å². The number of benzene rings is 1. The molecule has 24 heavy (non-hydrogen) atoms. The monoisotopic (exact) mass is 333 g/mol. The normalized spacial score (nSPS) is 20.4. The van der Waals surface area contributed by atoms with Gasteiger partial charge in [0.1, 0.15) is 17.2 Å². The van der Waals surface area contributed by atoms with Crippen LogP contribution < -0.4 is 5.73 Å². The highest BCUT2D eigenvalue weighted by atomic mass is 19.1. The average molecular weight is 333 g/mol. The summed E-state index contributed by atoms with van der Waals surface area (Å²) in [5.74, 6) is -1.59. The molecule has 1 atom stereocenters. The van der Waals surface area contributed by atoms with Crippen molar-refractivity contribution in [3.05, 3.63) is 58.7 Å². The minimum absolute atomic E-state index is 0.0883. The summed E-state index contributed by atoms with van der Waals surface area (Å²) in [5, 5.41) is 0. The summed E-state index contributed by atoms with van der Waals surface area (Å²) >= 11 is 0. The summed E-state index contributed by atoms with van der Waals surface area (Å²) in [6.45, 7) is 1.73. The molecule has 1 aliphatic rings. The first-order chi connectivity index (χ1) is 11.3. The first-order valence-electron chi connectivity index (χ1n) is 7.53. The number of hydrogen-bond acceptors (Lipinski definition) is 2. The number of primary amides is 1. The van der Waals surface area contributed by atoms with Gasteiger partial charge in [-0.2, -0.15) is 0 Å². The second kappa shape index (κ2) is 5.74. The van der Waals surface area contributed by atoms with Gasteiger partial charge < -0.3 is 15.6 Å². The molecular weight excluding hydrogens is 316 g/mol. The molecule has 2 amide bonds. The van der Waals surface area contributed by atoms with Gasteiger partial charge in [-0.25, -0.2) is 8.78 Å². The number of nitrogens with one attached hydrogen (secondary N) is 1. The van der Waals surface area contributed by atoms with Crippen LogP contribution in [0.1, 0.15) is 38.5 Å². The van der Waals surface area contributed by atoms with Crippen molar-refractivity contribution in [2.45, 2.75) is 19.0 Å². The van der Waals surface area contributed by atoms with Crippen molar-refractivity contribution in [3.8, 4) is 0 Å². The molecule has 1 unspecified atom stereocenters. The van der Waals surface area contributed by atoms with Crippen molar-refractivity contribution in [1.82, 2.24) is 9.88 Å². The molecule has 2 heterocycles. The summed E-state index contributed by atoms with van der Waals surface area (Å²) in [7, 11) is 0. The number of aryl methyl sites for hydroxylation is 1. The van der Waals surface area contributed by atoms with Gasteiger partial charge in [0, 0.05) is 13.0 Å². The zero-order chi connectivity index (χ0) is 17.5. The number of amides is 2. The average Bonchev–Trinajstić information content (AvgIpc) is 3.13. The van der Waals surface area contributed by atoms with Crippen LogP contribution in [-0.4, -0.2) is 34.8 Å². The van der Waals surface area contributed by atoms with E-state index >= 15 is 4.39 Å². The quantitative estimate of drug-likeness (QED) is 0.904. The number of carbonyl (C=O) groups is 2. The van der Waals surface area contributed by atoms with Gasteiger partial charge in [0.15, 0.2) is 5.67 Å². The van der Waals surface area contributed by atoms with E-state index in [1.165, 1.54) is 29.2 Å². The molecule has 1 aromatic carbocycles. The van der Waals surface area contributed by atoms with Crippen molar-refractivity contribution in [1.29, 1.82) is 0 Å². The van der Waals surface area contributed by atoms with Gasteiger partial charge in [0.25, 0.3) is 11.8 Å². The van der Waals surface area contributed by atoms with Crippen molar-refractivity contribution >= 4 is 11.8 Å². The van der Waals surface area contributed by atoms with Crippen LogP contribution in [-0.2, 0) is 5.67 Å². The zero-order valence-corrected chi connectivity index (χ0v) is 13.1. The van der Waals surface area contributed by atoms with Gasteiger partial charge in [0.2, 0.25) is 0 Å². The third kappa shape index (κ3) is 2.89. The largest absolute Gasteiger partial charge is 0.364 e. The molecule has 2 aromatic rings. The van der Waals surface area contributed by atoms with E-state index in [4.69, 9.17) is 5.73 Å². The second-order valence-corrected chi connectivity index (χ2v) is 6.11. The third-order valence-corrected chi connectivity index (χ3v) is 4.25. The smallest absolute Gasteiger partial charge is 0.270 e. The molecule has 7 heteroatoms. The topological polar surface area (TPSA) is 79.2 Å². The zero-order valence-electron chi connectivity index (χ0n) is 13.1. The third-order valence-electron chi connectivity index (χ3n) is 4.25. The minimum Gasteiger partial charge on any atom is -0.364 e. The maximum atomic E-state index is 15.2. The molecular formula is C17H17F2N3O2. The first-order valence-corrected chi connectivity index (χ1v) is 7.53. The fraction of sp³-hybridized carbons (Fsp3) is 0.294. The maximum Gasteiger partial charge on any atom is 0.270 e. The van der Waals surface area contributed by atoms with E-state index in [0.717, 1.165) is 0 Å². The molecule has 3 rings (SSSR count). The molecule has 0 spiro atoms. The van der Waals surface area contributed by atoms with Crippen molar-refractivity contribution in [2.75, 3.05) is 13.1 Å². The fourth-order valence-corrected chi connectivity index (χ4v) is 3.01. The number of nitrogens with zero attached hydrogens (tertiary/aromatic N) is 1. The lowest BCUT2D eigenvalue weighted by atomic mass is 9.93. The Morgan fingerprint density at radius 1 is 1.25 bits per heavy atom. The molecule has 1 fully saturated rings. The number of nitrogens with two attached hydrogens (primary N) is 1. The molecule has 126 valence electrons. The minimum atomic E-state index is -1.79. The van der Waals surface area contributed by atoms with Gasteiger partial charge >= 0.3 is 0 Å². The second-order valence-electron chi connectivity index (χ2n) is 6.11. The highest BCUT2D eigenvalue weighted by Crippen LogP contribution is 2.37. The molecule has 0 radical (unpaired) electrons. The van der Waals surface area contributed by atoms with E-state index in [9.17, 15) is 14.0 Å². The first kappa shape index (κ1) is 16.2. The van der Waals surface area contributed by atoms with Crippen molar-refractivity contribution < 1.29 is 18.4 Å². The van der Waals surface area contributed by atoms with E-state index < -0.39 is 23.3 Å². The van der Waals surface area contributed by atoms with E-state index in [-0.39, 0.29) is 36.5 Å². The Balaban J connectivity index is 1.80. The molecule has 0 aliphatic carbocycles. The number of rotatable bonds is 3. The van der Waals surface area contributed by atoms with Gasteiger partial charge in [-0.1, -0.05) is 6.07 Å². The Hall–Kier alpha value is -2.70. The number of alkyl halides is 1. The molecule has 1 aliphatic heterocycles. The highest BCUT2D eigenvalue weighted by Gasteiger charge is 2.42. The number of halogens is 2. The van der Waals surface area contributed by atoms with Crippen molar-refractivity contribution in [3.63, 3.8) is 0 Å². The Morgan fingerprint density at radius 3 is 2.58 bits per heavy atom. The van der Waals surface area contributed by atoms with Crippen LogP contribution in [0.25, 0.3) is 0 Å². The Labute approximate surface area is 137 Å². The number of hydrogen-bond donors (Lipinski definition) is 2. The molecule has 5 nitrogen and oxygen atoms in total. The predicted octanol–water partition coefficient (Wildman–Crippen LogP) is 2.27. The number of H-pyrrole nitrogens is 1. The number of aromatic nitrogens is 1. The van der Waals surface area contributed by atoms with E-state index in [0.29, 0.717) is 5.56 Å². The summed E-state index contributed by atoms with van der Waals surface area (Å²) in [4.78, 5) is 27.5. The summed E-state index contributed by atoms with van der Waals surface area (Å²) in [6.07, 6.45) is 0.0883. The highest BCUT2D eigenvalue weighted by molar-refractivity contribution is 5.96.